The van der Waals surface area contributed by atoms with Gasteiger partial charge in [-0.15, -0.1) is 0 Å². The molecule has 0 spiro atoms. The summed E-state index contributed by atoms with van der Waals surface area (Å²) in [6.45, 7) is 0. The maximum atomic E-state index is 12.6. The van der Waals surface area contributed by atoms with Crippen LogP contribution in [0, 0.1) is 0 Å². The zero-order chi connectivity index (χ0) is 11.0. The number of benzene rings is 1. The van der Waals surface area contributed by atoms with Gasteiger partial charge in [0.05, 0.1) is 12.6 Å². The quantitative estimate of drug-likeness (QED) is 0.914. The van der Waals surface area contributed by atoms with Gasteiger partial charge in [0.2, 0.25) is 0 Å². The first kappa shape index (κ1) is 10.4. The molecular weight excluding hydrogens is 270 g/mol. The largest absolute Gasteiger partial charge is 0.497 e. The van der Waals surface area contributed by atoms with E-state index in [1.54, 1.807) is 12.1 Å². The zero-order valence-corrected chi connectivity index (χ0v) is 9.31. The zero-order valence-electron chi connectivity index (χ0n) is 7.72. The molecule has 1 heterocycles. The molecule has 1 aromatic heterocycles. The number of nitrogens with zero attached hydrogens (tertiary/aromatic N) is 1. The Balaban J connectivity index is 2.71. The Kier molecular flexibility index (Phi) is 2.60. The number of nitrogens with one attached hydrogen (secondary N) is 1. The van der Waals surface area contributed by atoms with Crippen molar-refractivity contribution in [1.29, 1.82) is 0 Å². The summed E-state index contributed by atoms with van der Waals surface area (Å²) in [7, 11) is 1.51. The minimum atomic E-state index is -2.57. The van der Waals surface area contributed by atoms with Gasteiger partial charge in [0.1, 0.15) is 11.4 Å². The van der Waals surface area contributed by atoms with Crippen LogP contribution in [0.2, 0.25) is 0 Å². The third kappa shape index (κ3) is 1.69. The van der Waals surface area contributed by atoms with Gasteiger partial charge in [-0.25, -0.2) is 8.78 Å². The molecule has 0 aliphatic heterocycles. The molecule has 3 nitrogen and oxygen atoms in total. The second-order valence-electron chi connectivity index (χ2n) is 2.94. The van der Waals surface area contributed by atoms with Crippen LogP contribution in [-0.2, 0) is 0 Å². The van der Waals surface area contributed by atoms with Crippen LogP contribution in [0.5, 0.6) is 5.75 Å². The van der Waals surface area contributed by atoms with Gasteiger partial charge in [-0.1, -0.05) is 0 Å². The van der Waals surface area contributed by atoms with Crippen molar-refractivity contribution in [2.24, 2.45) is 0 Å². The highest BCUT2D eigenvalue weighted by Crippen LogP contribution is 2.34. The van der Waals surface area contributed by atoms with E-state index in [-0.39, 0.29) is 5.69 Å². The van der Waals surface area contributed by atoms with E-state index in [4.69, 9.17) is 4.74 Å². The fraction of sp³-hybridized carbons (Fsp3) is 0.222. The van der Waals surface area contributed by atoms with Crippen molar-refractivity contribution >= 4 is 26.8 Å². The summed E-state index contributed by atoms with van der Waals surface area (Å²) in [5.41, 5.74) is 0.274. The molecule has 15 heavy (non-hydrogen) atoms. The number of hydrogen-bond acceptors (Lipinski definition) is 2. The average molecular weight is 277 g/mol. The second-order valence-corrected chi connectivity index (χ2v) is 3.80. The van der Waals surface area contributed by atoms with E-state index < -0.39 is 6.43 Å². The van der Waals surface area contributed by atoms with E-state index in [0.717, 1.165) is 0 Å². The molecule has 80 valence electrons. The van der Waals surface area contributed by atoms with Crippen molar-refractivity contribution in [2.75, 3.05) is 7.11 Å². The Hall–Kier alpha value is -1.17. The van der Waals surface area contributed by atoms with Gasteiger partial charge in [0, 0.05) is 15.9 Å². The topological polar surface area (TPSA) is 37.9 Å². The number of aromatic nitrogens is 2. The summed E-state index contributed by atoms with van der Waals surface area (Å²) in [6.07, 6.45) is -2.57. The Labute approximate surface area is 92.6 Å². The summed E-state index contributed by atoms with van der Waals surface area (Å²) in [5, 5.41) is 6.51. The van der Waals surface area contributed by atoms with Crippen molar-refractivity contribution < 1.29 is 13.5 Å². The standard InChI is InChI=1S/C9H7BrF2N2O/c1-15-4-2-5(10)7-6(3-4)13-14-8(7)9(11)12/h2-3,9H,1H3,(H,13,14). The molecule has 0 saturated heterocycles. The minimum absolute atomic E-state index is 0.181. The lowest BCUT2D eigenvalue weighted by Crippen LogP contribution is -1.86. The highest BCUT2D eigenvalue weighted by atomic mass is 79.9. The number of H-pyrrole nitrogens is 1. The van der Waals surface area contributed by atoms with Crippen LogP contribution >= 0.6 is 15.9 Å². The van der Waals surface area contributed by atoms with Crippen molar-refractivity contribution in [1.82, 2.24) is 10.2 Å². The lowest BCUT2D eigenvalue weighted by molar-refractivity contribution is 0.147. The monoisotopic (exact) mass is 276 g/mol. The van der Waals surface area contributed by atoms with Crippen molar-refractivity contribution in [3.8, 4) is 5.75 Å². The fourth-order valence-corrected chi connectivity index (χ4v) is 2.02. The van der Waals surface area contributed by atoms with Crippen LogP contribution in [-0.4, -0.2) is 17.3 Å². The summed E-state index contributed by atoms with van der Waals surface area (Å²) in [6, 6.07) is 3.23. The Morgan fingerprint density at radius 3 is 2.80 bits per heavy atom. The van der Waals surface area contributed by atoms with Gasteiger partial charge < -0.3 is 4.74 Å². The second kappa shape index (κ2) is 3.77. The smallest absolute Gasteiger partial charge is 0.280 e. The molecular formula is C9H7BrF2N2O. The van der Waals surface area contributed by atoms with Gasteiger partial charge in [0.25, 0.3) is 6.43 Å². The van der Waals surface area contributed by atoms with Gasteiger partial charge in [-0.2, -0.15) is 5.10 Å². The predicted molar refractivity (Wildman–Crippen MR) is 55.3 cm³/mol. The van der Waals surface area contributed by atoms with Crippen LogP contribution < -0.4 is 4.74 Å². The molecule has 0 unspecified atom stereocenters. The van der Waals surface area contributed by atoms with Gasteiger partial charge >= 0.3 is 0 Å². The van der Waals surface area contributed by atoms with Crippen LogP contribution in [0.1, 0.15) is 12.1 Å². The number of methoxy groups -OCH3 is 1. The van der Waals surface area contributed by atoms with E-state index in [1.807, 2.05) is 0 Å². The molecule has 1 N–H and O–H groups in total. The Bertz CT molecular complexity index is 498. The van der Waals surface area contributed by atoms with Crippen LogP contribution in [0.4, 0.5) is 8.78 Å². The number of fused-ring (bicyclic) bond motifs is 1. The lowest BCUT2D eigenvalue weighted by atomic mass is 10.2. The molecule has 2 rings (SSSR count). The van der Waals surface area contributed by atoms with Gasteiger partial charge in [-0.05, 0) is 22.0 Å². The average Bonchev–Trinajstić information content (AvgIpc) is 2.61. The summed E-state index contributed by atoms with van der Waals surface area (Å²) in [5.74, 6) is 0.571. The van der Waals surface area contributed by atoms with Crippen molar-refractivity contribution in [3.63, 3.8) is 0 Å². The molecule has 0 bridgehead atoms. The molecule has 0 fully saturated rings. The predicted octanol–water partition coefficient (Wildman–Crippen LogP) is 3.27. The first-order valence-corrected chi connectivity index (χ1v) is 4.92. The van der Waals surface area contributed by atoms with E-state index in [9.17, 15) is 8.78 Å². The molecule has 1 aromatic carbocycles. The number of alkyl halides is 2. The SMILES string of the molecule is COc1cc(Br)c2c(C(F)F)[nH]nc2c1. The molecule has 6 heteroatoms. The van der Waals surface area contributed by atoms with Crippen LogP contribution in [0.3, 0.4) is 0 Å². The highest BCUT2D eigenvalue weighted by Gasteiger charge is 2.17. The van der Waals surface area contributed by atoms with E-state index in [2.05, 4.69) is 26.1 Å². The molecule has 0 radical (unpaired) electrons. The fourth-order valence-electron chi connectivity index (χ4n) is 1.37. The first-order valence-electron chi connectivity index (χ1n) is 4.13. The van der Waals surface area contributed by atoms with E-state index >= 15 is 0 Å². The molecule has 0 atom stereocenters. The van der Waals surface area contributed by atoms with Crippen molar-refractivity contribution in [3.05, 3.63) is 22.3 Å². The number of halogens is 3. The molecule has 0 aliphatic rings. The maximum Gasteiger partial charge on any atom is 0.280 e. The summed E-state index contributed by atoms with van der Waals surface area (Å²) in [4.78, 5) is 0. The van der Waals surface area contributed by atoms with E-state index in [1.165, 1.54) is 7.11 Å². The van der Waals surface area contributed by atoms with Crippen molar-refractivity contribution in [2.45, 2.75) is 6.43 Å². The van der Waals surface area contributed by atoms with Crippen LogP contribution in [0.25, 0.3) is 10.9 Å². The molecule has 0 saturated carbocycles. The Morgan fingerprint density at radius 1 is 1.47 bits per heavy atom. The Morgan fingerprint density at radius 2 is 2.20 bits per heavy atom. The summed E-state index contributed by atoms with van der Waals surface area (Å²) >= 11 is 3.21. The third-order valence-electron chi connectivity index (χ3n) is 2.06. The minimum Gasteiger partial charge on any atom is -0.497 e. The normalized spacial score (nSPS) is 11.3. The number of hydrogen-bond donors (Lipinski definition) is 1. The third-order valence-corrected chi connectivity index (χ3v) is 2.69. The number of aromatic amines is 1. The number of rotatable bonds is 2. The molecule has 0 aliphatic carbocycles. The lowest BCUT2D eigenvalue weighted by Gasteiger charge is -2.02. The summed E-state index contributed by atoms with van der Waals surface area (Å²) < 4.78 is 30.7. The van der Waals surface area contributed by atoms with Gasteiger partial charge in [0.15, 0.2) is 0 Å². The van der Waals surface area contributed by atoms with Gasteiger partial charge in [-0.3, -0.25) is 5.10 Å². The number of ether oxygens (including phenoxy) is 1. The van der Waals surface area contributed by atoms with E-state index in [0.29, 0.717) is 21.1 Å². The highest BCUT2D eigenvalue weighted by molar-refractivity contribution is 9.10. The molecule has 2 aromatic rings. The molecule has 0 amide bonds. The first-order chi connectivity index (χ1) is 7.13. The van der Waals surface area contributed by atoms with Crippen LogP contribution in [0.15, 0.2) is 16.6 Å². The maximum absolute atomic E-state index is 12.6.